The summed E-state index contributed by atoms with van der Waals surface area (Å²) < 4.78 is 6.97. The van der Waals surface area contributed by atoms with E-state index in [9.17, 15) is 4.79 Å². The second kappa shape index (κ2) is 5.73. The van der Waals surface area contributed by atoms with Crippen LogP contribution in [0.25, 0.3) is 0 Å². The molecule has 1 fully saturated rings. The second-order valence-electron chi connectivity index (χ2n) is 6.42. The average Bonchev–Trinajstić information content (AvgIpc) is 2.46. The Hall–Kier alpha value is -0.870. The topological polar surface area (TPSA) is 29.5 Å². The summed E-state index contributed by atoms with van der Waals surface area (Å²) in [5.41, 5.74) is 2.95. The number of carbonyl (C=O) groups excluding carboxylic acids is 1. The van der Waals surface area contributed by atoms with Crippen molar-refractivity contribution in [2.24, 2.45) is 5.92 Å². The fourth-order valence-corrected chi connectivity index (χ4v) is 3.94. The number of hydrogen-bond donors (Lipinski definition) is 0. The Labute approximate surface area is 134 Å². The maximum Gasteiger partial charge on any atom is 0.187 e. The molecule has 2 atom stereocenters. The van der Waals surface area contributed by atoms with Crippen molar-refractivity contribution in [2.45, 2.75) is 39.7 Å². The number of likely N-dealkylation sites (tertiary alicyclic amines) is 1. The van der Waals surface area contributed by atoms with E-state index in [0.717, 1.165) is 40.0 Å². The van der Waals surface area contributed by atoms with Crippen LogP contribution in [0.3, 0.4) is 0 Å². The number of fused-ring (bicyclic) bond motifs is 1. The summed E-state index contributed by atoms with van der Waals surface area (Å²) in [5, 5.41) is 0. The first-order valence-electron chi connectivity index (χ1n) is 7.69. The molecule has 1 aromatic carbocycles. The molecule has 21 heavy (non-hydrogen) atoms. The Morgan fingerprint density at radius 3 is 2.81 bits per heavy atom. The molecule has 0 N–H and O–H groups in total. The SMILES string of the molecule is Cc1c(Br)cc2c(c1C)OC[C@@H](N1CCC[C@@H](C)C1)C2=O. The first-order chi connectivity index (χ1) is 9.99. The average molecular weight is 352 g/mol. The van der Waals surface area contributed by atoms with Crippen LogP contribution in [-0.4, -0.2) is 36.4 Å². The van der Waals surface area contributed by atoms with Gasteiger partial charge in [-0.25, -0.2) is 0 Å². The third-order valence-corrected chi connectivity index (χ3v) is 5.68. The molecular weight excluding hydrogens is 330 g/mol. The van der Waals surface area contributed by atoms with Gasteiger partial charge in [0.2, 0.25) is 0 Å². The Kier molecular flexibility index (Phi) is 4.10. The second-order valence-corrected chi connectivity index (χ2v) is 7.27. The Balaban J connectivity index is 1.92. The lowest BCUT2D eigenvalue weighted by atomic mass is 9.92. The van der Waals surface area contributed by atoms with Gasteiger partial charge in [-0.3, -0.25) is 9.69 Å². The molecule has 0 radical (unpaired) electrons. The van der Waals surface area contributed by atoms with Crippen LogP contribution in [0.15, 0.2) is 10.5 Å². The lowest BCUT2D eigenvalue weighted by Gasteiger charge is -2.38. The van der Waals surface area contributed by atoms with E-state index in [1.54, 1.807) is 0 Å². The summed E-state index contributed by atoms with van der Waals surface area (Å²) in [6.45, 7) is 8.83. The number of carbonyl (C=O) groups is 1. The van der Waals surface area contributed by atoms with Crippen molar-refractivity contribution in [3.8, 4) is 5.75 Å². The molecule has 0 amide bonds. The van der Waals surface area contributed by atoms with Gasteiger partial charge in [-0.2, -0.15) is 0 Å². The summed E-state index contributed by atoms with van der Waals surface area (Å²) in [6, 6.07) is 1.81. The number of rotatable bonds is 1. The highest BCUT2D eigenvalue weighted by Crippen LogP contribution is 2.36. The van der Waals surface area contributed by atoms with Gasteiger partial charge in [-0.15, -0.1) is 0 Å². The molecular formula is C17H22BrNO2. The number of nitrogens with zero attached hydrogens (tertiary/aromatic N) is 1. The smallest absolute Gasteiger partial charge is 0.187 e. The van der Waals surface area contributed by atoms with Gasteiger partial charge in [0, 0.05) is 11.0 Å². The molecule has 0 saturated carbocycles. The molecule has 0 unspecified atom stereocenters. The monoisotopic (exact) mass is 351 g/mol. The van der Waals surface area contributed by atoms with Gasteiger partial charge in [0.15, 0.2) is 5.78 Å². The van der Waals surface area contributed by atoms with Crippen molar-refractivity contribution in [1.29, 1.82) is 0 Å². The quantitative estimate of drug-likeness (QED) is 0.771. The van der Waals surface area contributed by atoms with Crippen LogP contribution >= 0.6 is 15.9 Å². The predicted octanol–water partition coefficient (Wildman–Crippen LogP) is 3.74. The molecule has 0 aromatic heterocycles. The summed E-state index contributed by atoms with van der Waals surface area (Å²) in [4.78, 5) is 15.2. The molecule has 0 aliphatic carbocycles. The largest absolute Gasteiger partial charge is 0.490 e. The van der Waals surface area contributed by atoms with E-state index < -0.39 is 0 Å². The molecule has 2 aliphatic heterocycles. The normalized spacial score (nSPS) is 26.4. The van der Waals surface area contributed by atoms with E-state index >= 15 is 0 Å². The number of ketones is 1. The zero-order valence-corrected chi connectivity index (χ0v) is 14.5. The molecule has 1 saturated heterocycles. The first kappa shape index (κ1) is 15.0. The third-order valence-electron chi connectivity index (χ3n) is 4.86. The van der Waals surface area contributed by atoms with Gasteiger partial charge in [0.05, 0.1) is 5.56 Å². The van der Waals surface area contributed by atoms with E-state index in [1.165, 1.54) is 12.8 Å². The van der Waals surface area contributed by atoms with Gasteiger partial charge < -0.3 is 4.74 Å². The van der Waals surface area contributed by atoms with Gasteiger partial charge in [0.25, 0.3) is 0 Å². The fourth-order valence-electron chi connectivity index (χ4n) is 3.42. The fraction of sp³-hybridized carbons (Fsp3) is 0.588. The molecule has 3 nitrogen and oxygen atoms in total. The van der Waals surface area contributed by atoms with E-state index in [4.69, 9.17) is 4.74 Å². The lowest BCUT2D eigenvalue weighted by Crippen LogP contribution is -2.51. The molecule has 3 rings (SSSR count). The molecule has 2 aliphatic rings. The van der Waals surface area contributed by atoms with Crippen molar-refractivity contribution >= 4 is 21.7 Å². The summed E-state index contributed by atoms with van der Waals surface area (Å²) in [5.74, 6) is 1.66. The molecule has 0 bridgehead atoms. The maximum atomic E-state index is 12.9. The number of halogens is 1. The maximum absolute atomic E-state index is 12.9. The Morgan fingerprint density at radius 2 is 2.10 bits per heavy atom. The summed E-state index contributed by atoms with van der Waals surface area (Å²) in [6.07, 6.45) is 2.44. The van der Waals surface area contributed by atoms with Crippen LogP contribution in [0, 0.1) is 19.8 Å². The van der Waals surface area contributed by atoms with Crippen molar-refractivity contribution in [2.75, 3.05) is 19.7 Å². The number of piperidine rings is 1. The minimum atomic E-state index is -0.116. The highest BCUT2D eigenvalue weighted by molar-refractivity contribution is 9.10. The van der Waals surface area contributed by atoms with E-state index in [1.807, 2.05) is 19.9 Å². The van der Waals surface area contributed by atoms with E-state index in [-0.39, 0.29) is 11.8 Å². The number of hydrogen-bond acceptors (Lipinski definition) is 3. The highest BCUT2D eigenvalue weighted by atomic mass is 79.9. The molecule has 2 heterocycles. The summed E-state index contributed by atoms with van der Waals surface area (Å²) >= 11 is 3.56. The van der Waals surface area contributed by atoms with Gasteiger partial charge >= 0.3 is 0 Å². The molecule has 0 spiro atoms. The lowest BCUT2D eigenvalue weighted by molar-refractivity contribution is 0.0557. The van der Waals surface area contributed by atoms with Crippen LogP contribution in [0.4, 0.5) is 0 Å². The first-order valence-corrected chi connectivity index (χ1v) is 8.49. The zero-order chi connectivity index (χ0) is 15.1. The van der Waals surface area contributed by atoms with Crippen LogP contribution in [0.5, 0.6) is 5.75 Å². The number of benzene rings is 1. The third kappa shape index (κ3) is 2.64. The zero-order valence-electron chi connectivity index (χ0n) is 12.9. The predicted molar refractivity (Wildman–Crippen MR) is 87.2 cm³/mol. The Bertz CT molecular complexity index is 585. The Morgan fingerprint density at radius 1 is 1.33 bits per heavy atom. The number of ether oxygens (including phenoxy) is 1. The van der Waals surface area contributed by atoms with Gasteiger partial charge in [-0.05, 0) is 56.3 Å². The van der Waals surface area contributed by atoms with Crippen LogP contribution in [0.1, 0.15) is 41.3 Å². The molecule has 114 valence electrons. The van der Waals surface area contributed by atoms with Crippen molar-refractivity contribution in [3.05, 3.63) is 27.2 Å². The van der Waals surface area contributed by atoms with Crippen molar-refractivity contribution in [3.63, 3.8) is 0 Å². The standard InChI is InChI=1S/C17H22BrNO2/c1-10-5-4-6-19(8-10)15-9-21-17-12(3)11(2)14(18)7-13(17)16(15)20/h7,10,15H,4-6,8-9H2,1-3H3/t10-,15-/m1/s1. The van der Waals surface area contributed by atoms with Gasteiger partial charge in [0.1, 0.15) is 18.4 Å². The highest BCUT2D eigenvalue weighted by Gasteiger charge is 2.36. The van der Waals surface area contributed by atoms with Crippen LogP contribution in [-0.2, 0) is 0 Å². The minimum absolute atomic E-state index is 0.116. The van der Waals surface area contributed by atoms with Crippen LogP contribution in [0.2, 0.25) is 0 Å². The minimum Gasteiger partial charge on any atom is -0.490 e. The molecule has 1 aromatic rings. The van der Waals surface area contributed by atoms with Crippen molar-refractivity contribution < 1.29 is 9.53 Å². The van der Waals surface area contributed by atoms with Gasteiger partial charge in [-0.1, -0.05) is 22.9 Å². The molecule has 4 heteroatoms. The van der Waals surface area contributed by atoms with Crippen molar-refractivity contribution in [1.82, 2.24) is 4.90 Å². The number of Topliss-reactive ketones (excluding diaryl/α,β-unsaturated/α-hetero) is 1. The summed E-state index contributed by atoms with van der Waals surface area (Å²) in [7, 11) is 0. The van der Waals surface area contributed by atoms with Crippen LogP contribution < -0.4 is 4.74 Å². The van der Waals surface area contributed by atoms with E-state index in [2.05, 4.69) is 27.8 Å². The van der Waals surface area contributed by atoms with E-state index in [0.29, 0.717) is 12.5 Å².